The van der Waals surface area contributed by atoms with Gasteiger partial charge < -0.3 is 15.0 Å². The molecule has 0 aromatic carbocycles. The van der Waals surface area contributed by atoms with Gasteiger partial charge in [0.05, 0.1) is 0 Å². The van der Waals surface area contributed by atoms with Gasteiger partial charge in [-0.15, -0.1) is 0 Å². The van der Waals surface area contributed by atoms with Gasteiger partial charge in [0.2, 0.25) is 0 Å². The van der Waals surface area contributed by atoms with Crippen LogP contribution in [0.25, 0.3) is 0 Å². The molecular formula is C12H28N2O. The van der Waals surface area contributed by atoms with Crippen molar-refractivity contribution in [2.45, 2.75) is 33.2 Å². The molecule has 92 valence electrons. The van der Waals surface area contributed by atoms with Gasteiger partial charge in [-0.1, -0.05) is 6.92 Å². The molecule has 1 unspecified atom stereocenters. The van der Waals surface area contributed by atoms with E-state index in [1.165, 1.54) is 13.0 Å². The van der Waals surface area contributed by atoms with Crippen molar-refractivity contribution in [3.05, 3.63) is 0 Å². The Morgan fingerprint density at radius 3 is 2.47 bits per heavy atom. The van der Waals surface area contributed by atoms with Crippen molar-refractivity contribution in [1.29, 1.82) is 0 Å². The molecule has 0 aliphatic carbocycles. The number of methoxy groups -OCH3 is 1. The van der Waals surface area contributed by atoms with Gasteiger partial charge in [0.25, 0.3) is 0 Å². The van der Waals surface area contributed by atoms with Crippen LogP contribution in [-0.4, -0.2) is 51.3 Å². The summed E-state index contributed by atoms with van der Waals surface area (Å²) in [6.45, 7) is 10.8. The molecule has 0 aromatic rings. The fourth-order valence-corrected chi connectivity index (χ4v) is 1.40. The van der Waals surface area contributed by atoms with Crippen LogP contribution in [-0.2, 0) is 4.74 Å². The van der Waals surface area contributed by atoms with Crippen LogP contribution in [0.5, 0.6) is 0 Å². The van der Waals surface area contributed by atoms with Gasteiger partial charge in [0, 0.05) is 19.8 Å². The van der Waals surface area contributed by atoms with Gasteiger partial charge in [-0.25, -0.2) is 0 Å². The molecule has 0 rings (SSSR count). The first-order valence-corrected chi connectivity index (χ1v) is 5.97. The van der Waals surface area contributed by atoms with Crippen LogP contribution in [0, 0.1) is 5.92 Å². The van der Waals surface area contributed by atoms with Gasteiger partial charge in [-0.2, -0.15) is 0 Å². The summed E-state index contributed by atoms with van der Waals surface area (Å²) in [7, 11) is 3.94. The third-order valence-corrected chi connectivity index (χ3v) is 2.69. The van der Waals surface area contributed by atoms with Crippen molar-refractivity contribution in [2.24, 2.45) is 5.92 Å². The first-order chi connectivity index (χ1) is 7.07. The van der Waals surface area contributed by atoms with Crippen molar-refractivity contribution in [3.63, 3.8) is 0 Å². The Kier molecular flexibility index (Phi) is 9.06. The standard InChI is InChI=1S/C12H28N2O/c1-11(2)14(4)8-6-7-13-9-12(3)10-15-5/h11-13H,6-10H2,1-5H3. The Hall–Kier alpha value is -0.120. The van der Waals surface area contributed by atoms with Crippen LogP contribution in [0.2, 0.25) is 0 Å². The molecule has 0 saturated carbocycles. The van der Waals surface area contributed by atoms with Crippen molar-refractivity contribution >= 4 is 0 Å². The van der Waals surface area contributed by atoms with Gasteiger partial charge >= 0.3 is 0 Å². The van der Waals surface area contributed by atoms with E-state index < -0.39 is 0 Å². The van der Waals surface area contributed by atoms with Crippen LogP contribution < -0.4 is 5.32 Å². The molecule has 0 aliphatic heterocycles. The zero-order chi connectivity index (χ0) is 11.7. The minimum absolute atomic E-state index is 0.609. The minimum Gasteiger partial charge on any atom is -0.384 e. The Bertz CT molecular complexity index is 140. The van der Waals surface area contributed by atoms with Crippen molar-refractivity contribution in [3.8, 4) is 0 Å². The highest BCUT2D eigenvalue weighted by Crippen LogP contribution is 1.95. The SMILES string of the molecule is COCC(C)CNCCCN(C)C(C)C. The van der Waals surface area contributed by atoms with Gasteiger partial charge in [-0.05, 0) is 52.9 Å². The number of nitrogens with zero attached hydrogens (tertiary/aromatic N) is 1. The third-order valence-electron chi connectivity index (χ3n) is 2.69. The number of hydrogen-bond donors (Lipinski definition) is 1. The van der Waals surface area contributed by atoms with Gasteiger partial charge in [-0.3, -0.25) is 0 Å². The molecule has 0 aromatic heterocycles. The molecule has 1 atom stereocenters. The van der Waals surface area contributed by atoms with E-state index in [1.54, 1.807) is 7.11 Å². The molecule has 0 fully saturated rings. The fourth-order valence-electron chi connectivity index (χ4n) is 1.40. The topological polar surface area (TPSA) is 24.5 Å². The summed E-state index contributed by atoms with van der Waals surface area (Å²) in [5, 5.41) is 3.46. The minimum atomic E-state index is 0.609. The quantitative estimate of drug-likeness (QED) is 0.592. The zero-order valence-electron chi connectivity index (χ0n) is 11.0. The van der Waals surface area contributed by atoms with Crippen LogP contribution in [0.4, 0.5) is 0 Å². The van der Waals surface area contributed by atoms with E-state index in [0.717, 1.165) is 19.7 Å². The number of nitrogens with one attached hydrogen (secondary N) is 1. The van der Waals surface area contributed by atoms with Crippen LogP contribution in [0.3, 0.4) is 0 Å². The van der Waals surface area contributed by atoms with Crippen molar-refractivity contribution < 1.29 is 4.74 Å². The summed E-state index contributed by atoms with van der Waals surface area (Å²) in [5.74, 6) is 0.609. The summed E-state index contributed by atoms with van der Waals surface area (Å²) in [4.78, 5) is 2.38. The number of hydrogen-bond acceptors (Lipinski definition) is 3. The Balaban J connectivity index is 3.24. The molecule has 15 heavy (non-hydrogen) atoms. The zero-order valence-corrected chi connectivity index (χ0v) is 11.0. The average molecular weight is 216 g/mol. The van der Waals surface area contributed by atoms with Crippen LogP contribution >= 0.6 is 0 Å². The molecule has 0 radical (unpaired) electrons. The molecule has 1 N–H and O–H groups in total. The van der Waals surface area contributed by atoms with E-state index in [4.69, 9.17) is 4.74 Å². The highest BCUT2D eigenvalue weighted by atomic mass is 16.5. The van der Waals surface area contributed by atoms with Gasteiger partial charge in [0.1, 0.15) is 0 Å². The monoisotopic (exact) mass is 216 g/mol. The first-order valence-electron chi connectivity index (χ1n) is 5.97. The maximum Gasteiger partial charge on any atom is 0.0499 e. The smallest absolute Gasteiger partial charge is 0.0499 e. The maximum atomic E-state index is 5.08. The lowest BCUT2D eigenvalue weighted by Crippen LogP contribution is -2.31. The maximum absolute atomic E-state index is 5.08. The molecule has 3 nitrogen and oxygen atoms in total. The first kappa shape index (κ1) is 14.9. The molecule has 3 heteroatoms. The summed E-state index contributed by atoms with van der Waals surface area (Å²) >= 11 is 0. The van der Waals surface area contributed by atoms with Crippen LogP contribution in [0.15, 0.2) is 0 Å². The summed E-state index contributed by atoms with van der Waals surface area (Å²) in [5.41, 5.74) is 0. The summed E-state index contributed by atoms with van der Waals surface area (Å²) < 4.78 is 5.08. The molecule has 0 amide bonds. The van der Waals surface area contributed by atoms with Crippen molar-refractivity contribution in [1.82, 2.24) is 10.2 Å². The molecule has 0 saturated heterocycles. The lowest BCUT2D eigenvalue weighted by molar-refractivity contribution is 0.158. The molecule has 0 aliphatic rings. The second-order valence-corrected chi connectivity index (χ2v) is 4.69. The number of rotatable bonds is 9. The van der Waals surface area contributed by atoms with Gasteiger partial charge in [0.15, 0.2) is 0 Å². The number of ether oxygens (including phenoxy) is 1. The van der Waals surface area contributed by atoms with E-state index >= 15 is 0 Å². The summed E-state index contributed by atoms with van der Waals surface area (Å²) in [6, 6.07) is 0.650. The normalized spacial score (nSPS) is 13.8. The second-order valence-electron chi connectivity index (χ2n) is 4.69. The fraction of sp³-hybridized carbons (Fsp3) is 1.00. The second kappa shape index (κ2) is 9.13. The van der Waals surface area contributed by atoms with E-state index in [0.29, 0.717) is 12.0 Å². The lowest BCUT2D eigenvalue weighted by Gasteiger charge is -2.21. The largest absolute Gasteiger partial charge is 0.384 e. The van der Waals surface area contributed by atoms with E-state index in [2.05, 4.69) is 38.0 Å². The molecule has 0 heterocycles. The Morgan fingerprint density at radius 2 is 1.93 bits per heavy atom. The third kappa shape index (κ3) is 8.85. The van der Waals surface area contributed by atoms with E-state index in [-0.39, 0.29) is 0 Å². The van der Waals surface area contributed by atoms with Crippen LogP contribution in [0.1, 0.15) is 27.2 Å². The predicted octanol–water partition coefficient (Wildman–Crippen LogP) is 1.59. The van der Waals surface area contributed by atoms with Crippen molar-refractivity contribution in [2.75, 3.05) is 40.4 Å². The predicted molar refractivity (Wildman–Crippen MR) is 66.3 cm³/mol. The highest BCUT2D eigenvalue weighted by molar-refractivity contribution is 4.60. The lowest BCUT2D eigenvalue weighted by atomic mass is 10.2. The molecule has 0 spiro atoms. The average Bonchev–Trinajstić information content (AvgIpc) is 2.17. The molecule has 0 bridgehead atoms. The van der Waals surface area contributed by atoms with E-state index in [9.17, 15) is 0 Å². The summed E-state index contributed by atoms with van der Waals surface area (Å²) in [6.07, 6.45) is 1.22. The van der Waals surface area contributed by atoms with E-state index in [1.807, 2.05) is 0 Å². The molecular weight excluding hydrogens is 188 g/mol. The Morgan fingerprint density at radius 1 is 1.27 bits per heavy atom. The highest BCUT2D eigenvalue weighted by Gasteiger charge is 2.03. The Labute approximate surface area is 95.2 Å².